The summed E-state index contributed by atoms with van der Waals surface area (Å²) in [5, 5.41) is 11.5. The molecule has 1 fully saturated rings. The van der Waals surface area contributed by atoms with Gasteiger partial charge in [0.05, 0.1) is 18.2 Å². The van der Waals surface area contributed by atoms with Crippen molar-refractivity contribution in [3.8, 4) is 17.2 Å². The van der Waals surface area contributed by atoms with Crippen molar-refractivity contribution in [3.05, 3.63) is 59.2 Å². The molecule has 2 aliphatic heterocycles. The zero-order valence-corrected chi connectivity index (χ0v) is 23.4. The van der Waals surface area contributed by atoms with E-state index in [4.69, 9.17) is 14.2 Å². The summed E-state index contributed by atoms with van der Waals surface area (Å²) in [4.78, 5) is 30.7. The van der Waals surface area contributed by atoms with Gasteiger partial charge in [0.15, 0.2) is 11.5 Å². The number of rotatable bonds is 12. The highest BCUT2D eigenvalue weighted by Crippen LogP contribution is 2.41. The van der Waals surface area contributed by atoms with E-state index in [1.54, 1.807) is 23.1 Å². The van der Waals surface area contributed by atoms with Crippen LogP contribution in [-0.4, -0.2) is 72.6 Å². The molecule has 1 N–H and O–H groups in total. The highest BCUT2D eigenvalue weighted by molar-refractivity contribution is 6.46. The molecule has 1 amide bonds. The largest absolute Gasteiger partial charge is 0.507 e. The summed E-state index contributed by atoms with van der Waals surface area (Å²) < 4.78 is 17.3. The number of likely N-dealkylation sites (tertiary alicyclic amines) is 1. The fraction of sp³-hybridized carbons (Fsp3) is 0.484. The quantitative estimate of drug-likeness (QED) is 0.231. The number of aliphatic hydroxyl groups excluding tert-OH is 1. The number of fused-ring (bicyclic) bond motifs is 1. The third kappa shape index (κ3) is 6.56. The molecule has 2 aromatic carbocycles. The van der Waals surface area contributed by atoms with E-state index in [1.807, 2.05) is 24.3 Å². The molecule has 8 nitrogen and oxygen atoms in total. The molecule has 0 radical (unpaired) electrons. The third-order valence-electron chi connectivity index (χ3n) is 7.26. The molecule has 1 saturated heterocycles. The van der Waals surface area contributed by atoms with E-state index >= 15 is 0 Å². The van der Waals surface area contributed by atoms with Gasteiger partial charge in [0, 0.05) is 12.1 Å². The van der Waals surface area contributed by atoms with Crippen LogP contribution in [0.25, 0.3) is 5.76 Å². The Labute approximate surface area is 231 Å². The monoisotopic (exact) mass is 536 g/mol. The van der Waals surface area contributed by atoms with Crippen LogP contribution in [0.2, 0.25) is 0 Å². The molecule has 2 heterocycles. The summed E-state index contributed by atoms with van der Waals surface area (Å²) in [6.07, 6.45) is 1.62. The maximum atomic E-state index is 13.4. The molecule has 1 atom stereocenters. The Morgan fingerprint density at radius 1 is 1.08 bits per heavy atom. The van der Waals surface area contributed by atoms with Crippen LogP contribution in [0.5, 0.6) is 17.2 Å². The lowest BCUT2D eigenvalue weighted by atomic mass is 9.95. The van der Waals surface area contributed by atoms with Gasteiger partial charge >= 0.3 is 0 Å². The van der Waals surface area contributed by atoms with E-state index < -0.39 is 17.7 Å². The van der Waals surface area contributed by atoms with Crippen molar-refractivity contribution in [2.45, 2.75) is 46.6 Å². The molecular formula is C31H40N2O6. The van der Waals surface area contributed by atoms with Crippen LogP contribution in [0.3, 0.4) is 0 Å². The van der Waals surface area contributed by atoms with E-state index in [9.17, 15) is 14.7 Å². The molecule has 0 aliphatic carbocycles. The van der Waals surface area contributed by atoms with Crippen molar-refractivity contribution in [1.29, 1.82) is 0 Å². The second kappa shape index (κ2) is 13.0. The number of ketones is 1. The molecule has 0 spiro atoms. The first kappa shape index (κ1) is 28.5. The third-order valence-corrected chi connectivity index (χ3v) is 7.26. The Balaban J connectivity index is 1.71. The lowest BCUT2D eigenvalue weighted by Gasteiger charge is -2.27. The SMILES string of the molecule is CCN(CC)CCCN1C(=O)C(=O)C(=C(O)c2ccc3c(c2)OCCO3)[C@H]1c1cccc(OCCC(C)C)c1. The normalized spacial score (nSPS) is 18.3. The molecule has 0 aromatic heterocycles. The van der Waals surface area contributed by atoms with E-state index in [0.717, 1.165) is 31.6 Å². The summed E-state index contributed by atoms with van der Waals surface area (Å²) in [6, 6.07) is 11.8. The van der Waals surface area contributed by atoms with Gasteiger partial charge in [-0.25, -0.2) is 0 Å². The predicted octanol–water partition coefficient (Wildman–Crippen LogP) is 5.04. The van der Waals surface area contributed by atoms with Crippen molar-refractivity contribution < 1.29 is 28.9 Å². The Morgan fingerprint density at radius 3 is 2.54 bits per heavy atom. The number of amides is 1. The number of benzene rings is 2. The van der Waals surface area contributed by atoms with Crippen LogP contribution < -0.4 is 14.2 Å². The highest BCUT2D eigenvalue weighted by Gasteiger charge is 2.46. The van der Waals surface area contributed by atoms with Crippen molar-refractivity contribution in [3.63, 3.8) is 0 Å². The number of hydrogen-bond acceptors (Lipinski definition) is 7. The standard InChI is InChI=1S/C31H40N2O6/c1-5-32(6-2)14-8-15-33-28(22-9-7-10-24(19-22)37-16-13-21(3)4)27(30(35)31(33)36)29(34)23-11-12-25-26(20-23)39-18-17-38-25/h7,9-12,19-21,28,34H,5-6,8,13-18H2,1-4H3/t28-/m1/s1. The van der Waals surface area contributed by atoms with Crippen molar-refractivity contribution >= 4 is 17.4 Å². The first-order valence-corrected chi connectivity index (χ1v) is 14.0. The number of aliphatic hydroxyl groups is 1. The number of carbonyl (C=O) groups is 2. The second-order valence-electron chi connectivity index (χ2n) is 10.3. The molecule has 0 bridgehead atoms. The molecule has 8 heteroatoms. The molecule has 210 valence electrons. The van der Waals surface area contributed by atoms with Gasteiger partial charge in [-0.15, -0.1) is 0 Å². The highest BCUT2D eigenvalue weighted by atomic mass is 16.6. The van der Waals surface area contributed by atoms with E-state index in [0.29, 0.717) is 61.5 Å². The Bertz CT molecular complexity index is 1200. The molecular weight excluding hydrogens is 496 g/mol. The maximum absolute atomic E-state index is 13.4. The van der Waals surface area contributed by atoms with Crippen LogP contribution >= 0.6 is 0 Å². The van der Waals surface area contributed by atoms with Crippen LogP contribution in [0, 0.1) is 5.92 Å². The Hall–Kier alpha value is -3.52. The van der Waals surface area contributed by atoms with Gasteiger partial charge in [0.25, 0.3) is 11.7 Å². The van der Waals surface area contributed by atoms with E-state index in [1.165, 1.54) is 0 Å². The van der Waals surface area contributed by atoms with Crippen LogP contribution in [0.4, 0.5) is 0 Å². The van der Waals surface area contributed by atoms with Crippen molar-refractivity contribution in [1.82, 2.24) is 9.80 Å². The molecule has 39 heavy (non-hydrogen) atoms. The summed E-state index contributed by atoms with van der Waals surface area (Å²) in [6.45, 7) is 12.9. The number of hydrogen-bond donors (Lipinski definition) is 1. The fourth-order valence-electron chi connectivity index (χ4n) is 4.99. The van der Waals surface area contributed by atoms with Gasteiger partial charge in [-0.3, -0.25) is 9.59 Å². The summed E-state index contributed by atoms with van der Waals surface area (Å²) in [5.41, 5.74) is 1.19. The number of carbonyl (C=O) groups excluding carboxylic acids is 2. The average Bonchev–Trinajstić information content (AvgIpc) is 3.19. The van der Waals surface area contributed by atoms with E-state index in [-0.39, 0.29) is 11.3 Å². The summed E-state index contributed by atoms with van der Waals surface area (Å²) in [5.74, 6) is 0.727. The van der Waals surface area contributed by atoms with Gasteiger partial charge in [0.1, 0.15) is 24.7 Å². The maximum Gasteiger partial charge on any atom is 0.295 e. The minimum absolute atomic E-state index is 0.0684. The smallest absolute Gasteiger partial charge is 0.295 e. The molecule has 2 aliphatic rings. The van der Waals surface area contributed by atoms with Gasteiger partial charge in [-0.2, -0.15) is 0 Å². The van der Waals surface area contributed by atoms with Gasteiger partial charge in [-0.05, 0) is 74.3 Å². The lowest BCUT2D eigenvalue weighted by Crippen LogP contribution is -2.33. The molecule has 4 rings (SSSR count). The first-order chi connectivity index (χ1) is 18.8. The molecule has 0 unspecified atom stereocenters. The fourth-order valence-corrected chi connectivity index (χ4v) is 4.99. The van der Waals surface area contributed by atoms with Crippen LogP contribution in [0.1, 0.15) is 57.7 Å². The molecule has 0 saturated carbocycles. The first-order valence-electron chi connectivity index (χ1n) is 14.0. The minimum Gasteiger partial charge on any atom is -0.507 e. The predicted molar refractivity (Wildman–Crippen MR) is 150 cm³/mol. The number of ether oxygens (including phenoxy) is 3. The average molecular weight is 537 g/mol. The van der Waals surface area contributed by atoms with Gasteiger partial charge < -0.3 is 29.1 Å². The second-order valence-corrected chi connectivity index (χ2v) is 10.3. The Kier molecular flexibility index (Phi) is 9.51. The number of nitrogens with zero attached hydrogens (tertiary/aromatic N) is 2. The minimum atomic E-state index is -0.733. The van der Waals surface area contributed by atoms with E-state index in [2.05, 4.69) is 32.6 Å². The topological polar surface area (TPSA) is 88.5 Å². The van der Waals surface area contributed by atoms with Crippen molar-refractivity contribution in [2.24, 2.45) is 5.92 Å². The zero-order chi connectivity index (χ0) is 27.9. The van der Waals surface area contributed by atoms with Crippen LogP contribution in [-0.2, 0) is 9.59 Å². The summed E-state index contributed by atoms with van der Waals surface area (Å²) in [7, 11) is 0. The zero-order valence-electron chi connectivity index (χ0n) is 23.4. The summed E-state index contributed by atoms with van der Waals surface area (Å²) >= 11 is 0. The Morgan fingerprint density at radius 2 is 1.82 bits per heavy atom. The van der Waals surface area contributed by atoms with Crippen LogP contribution in [0.15, 0.2) is 48.0 Å². The lowest BCUT2D eigenvalue weighted by molar-refractivity contribution is -0.140. The molecule has 2 aromatic rings. The van der Waals surface area contributed by atoms with Gasteiger partial charge in [0.2, 0.25) is 0 Å². The number of Topliss-reactive ketones (excluding diaryl/α,β-unsaturated/α-hetero) is 1. The van der Waals surface area contributed by atoms with Gasteiger partial charge in [-0.1, -0.05) is 39.8 Å². The van der Waals surface area contributed by atoms with Crippen molar-refractivity contribution in [2.75, 3.05) is 46.0 Å².